The number of carbonyl (C=O) groups is 1. The van der Waals surface area contributed by atoms with E-state index in [0.29, 0.717) is 31.9 Å². The Morgan fingerprint density at radius 1 is 0.759 bits per heavy atom. The highest BCUT2D eigenvalue weighted by Gasteiger charge is 2.24. The fourth-order valence-corrected chi connectivity index (χ4v) is 4.87. The third-order valence-electron chi connectivity index (χ3n) is 5.39. The zero-order valence-corrected chi connectivity index (χ0v) is 17.1. The molecule has 2 aliphatic rings. The van der Waals surface area contributed by atoms with Crippen molar-refractivity contribution in [1.29, 1.82) is 0 Å². The summed E-state index contributed by atoms with van der Waals surface area (Å²) >= 11 is 0. The number of amides is 1. The van der Waals surface area contributed by atoms with Crippen molar-refractivity contribution in [3.05, 3.63) is 54.6 Å². The van der Waals surface area contributed by atoms with E-state index in [1.807, 2.05) is 35.2 Å². The fourth-order valence-electron chi connectivity index (χ4n) is 3.67. The number of anilines is 2. The molecule has 0 unspecified atom stereocenters. The molecule has 0 aromatic heterocycles. The number of carbonyl (C=O) groups excluding carboxylic acids is 1. The third-order valence-corrected chi connectivity index (χ3v) is 7.00. The van der Waals surface area contributed by atoms with Gasteiger partial charge in [-0.3, -0.25) is 0 Å². The van der Waals surface area contributed by atoms with E-state index in [2.05, 4.69) is 17.0 Å². The van der Waals surface area contributed by atoms with Crippen LogP contribution in [0.1, 0.15) is 0 Å². The van der Waals surface area contributed by atoms with Gasteiger partial charge in [-0.25, -0.2) is 13.2 Å². The van der Waals surface area contributed by atoms with Gasteiger partial charge in [-0.05, 0) is 24.3 Å². The van der Waals surface area contributed by atoms with E-state index in [1.165, 1.54) is 0 Å². The zero-order valence-electron chi connectivity index (χ0n) is 16.2. The van der Waals surface area contributed by atoms with E-state index in [9.17, 15) is 13.2 Å². The lowest BCUT2D eigenvalue weighted by atomic mass is 10.2. The molecule has 0 bridgehead atoms. The molecule has 1 amide bonds. The Bertz CT molecular complexity index is 943. The predicted molar refractivity (Wildman–Crippen MR) is 114 cm³/mol. The minimum Gasteiger partial charge on any atom is -0.410 e. The Morgan fingerprint density at radius 2 is 1.38 bits per heavy atom. The van der Waals surface area contributed by atoms with E-state index in [0.717, 1.165) is 24.5 Å². The molecule has 154 valence electrons. The number of ether oxygens (including phenoxy) is 1. The Balaban J connectivity index is 1.33. The SMILES string of the molecule is O=C(Oc1cccc(N2CCS(=O)(=O)CC2)c1)N1CCN(c2ccccc2)CC1. The Morgan fingerprint density at radius 3 is 2.07 bits per heavy atom. The summed E-state index contributed by atoms with van der Waals surface area (Å²) in [4.78, 5) is 18.6. The van der Waals surface area contributed by atoms with Gasteiger partial charge in [-0.2, -0.15) is 0 Å². The van der Waals surface area contributed by atoms with Gasteiger partial charge < -0.3 is 19.4 Å². The fraction of sp³-hybridized carbons (Fsp3) is 0.381. The van der Waals surface area contributed by atoms with Gasteiger partial charge in [-0.1, -0.05) is 24.3 Å². The Hall–Kier alpha value is -2.74. The highest BCUT2D eigenvalue weighted by Crippen LogP contribution is 2.24. The van der Waals surface area contributed by atoms with E-state index in [1.54, 1.807) is 17.0 Å². The van der Waals surface area contributed by atoms with E-state index < -0.39 is 9.84 Å². The number of piperazine rings is 1. The second-order valence-corrected chi connectivity index (χ2v) is 9.62. The molecular weight excluding hydrogens is 390 g/mol. The summed E-state index contributed by atoms with van der Waals surface area (Å²) in [6.45, 7) is 3.67. The summed E-state index contributed by atoms with van der Waals surface area (Å²) in [7, 11) is -2.93. The summed E-state index contributed by atoms with van der Waals surface area (Å²) in [5.41, 5.74) is 2.04. The minimum atomic E-state index is -2.93. The number of hydrogen-bond donors (Lipinski definition) is 0. The van der Waals surface area contributed by atoms with E-state index in [-0.39, 0.29) is 17.6 Å². The first-order valence-corrected chi connectivity index (χ1v) is 11.6. The standard InChI is InChI=1S/C21H25N3O4S/c25-21(24-11-9-22(10-12-24)18-5-2-1-3-6-18)28-20-8-4-7-19(17-20)23-13-15-29(26,27)16-14-23/h1-8,17H,9-16H2. The van der Waals surface area contributed by atoms with Crippen molar-refractivity contribution in [3.63, 3.8) is 0 Å². The van der Waals surface area contributed by atoms with Gasteiger partial charge in [0.25, 0.3) is 0 Å². The quantitative estimate of drug-likeness (QED) is 0.766. The monoisotopic (exact) mass is 415 g/mol. The van der Waals surface area contributed by atoms with Gasteiger partial charge in [0.05, 0.1) is 11.5 Å². The van der Waals surface area contributed by atoms with Crippen LogP contribution in [-0.4, -0.2) is 70.2 Å². The van der Waals surface area contributed by atoms with Crippen LogP contribution in [0.5, 0.6) is 5.75 Å². The average Bonchev–Trinajstić information content (AvgIpc) is 2.75. The smallest absolute Gasteiger partial charge is 0.410 e. The summed E-state index contributed by atoms with van der Waals surface area (Å²) < 4.78 is 28.8. The molecule has 4 rings (SSSR count). The number of rotatable bonds is 3. The van der Waals surface area contributed by atoms with Crippen molar-refractivity contribution >= 4 is 27.3 Å². The van der Waals surface area contributed by atoms with Crippen LogP contribution < -0.4 is 14.5 Å². The van der Waals surface area contributed by atoms with Gasteiger partial charge >= 0.3 is 6.09 Å². The van der Waals surface area contributed by atoms with Crippen LogP contribution in [0.2, 0.25) is 0 Å². The molecule has 0 saturated carbocycles. The minimum absolute atomic E-state index is 0.155. The maximum Gasteiger partial charge on any atom is 0.415 e. The zero-order chi connectivity index (χ0) is 20.3. The lowest BCUT2D eigenvalue weighted by molar-refractivity contribution is 0.149. The van der Waals surface area contributed by atoms with E-state index in [4.69, 9.17) is 4.74 Å². The molecule has 2 aromatic carbocycles. The molecule has 2 aliphatic heterocycles. The molecule has 8 heteroatoms. The van der Waals surface area contributed by atoms with Gasteiger partial charge in [0.2, 0.25) is 0 Å². The second-order valence-electron chi connectivity index (χ2n) is 7.31. The topological polar surface area (TPSA) is 70.2 Å². The molecule has 29 heavy (non-hydrogen) atoms. The first-order chi connectivity index (χ1) is 14.0. The first kappa shape index (κ1) is 19.6. The first-order valence-electron chi connectivity index (χ1n) is 9.82. The van der Waals surface area contributed by atoms with Crippen LogP contribution in [0, 0.1) is 0 Å². The molecule has 0 radical (unpaired) electrons. The molecule has 7 nitrogen and oxygen atoms in total. The maximum atomic E-state index is 12.6. The van der Waals surface area contributed by atoms with E-state index >= 15 is 0 Å². The molecule has 0 aliphatic carbocycles. The highest BCUT2D eigenvalue weighted by atomic mass is 32.2. The maximum absolute atomic E-state index is 12.6. The molecule has 0 atom stereocenters. The van der Waals surface area contributed by atoms with Crippen LogP contribution in [0.3, 0.4) is 0 Å². The average molecular weight is 416 g/mol. The predicted octanol–water partition coefficient (Wildman–Crippen LogP) is 2.24. The van der Waals surface area contributed by atoms with Crippen LogP contribution in [0.25, 0.3) is 0 Å². The molecule has 0 spiro atoms. The van der Waals surface area contributed by atoms with Crippen molar-refractivity contribution in [2.24, 2.45) is 0 Å². The molecule has 2 saturated heterocycles. The molecule has 0 N–H and O–H groups in total. The number of sulfone groups is 1. The van der Waals surface area contributed by atoms with Crippen LogP contribution in [0.15, 0.2) is 54.6 Å². The summed E-state index contributed by atoms with van der Waals surface area (Å²) in [6.07, 6.45) is -0.351. The third kappa shape index (κ3) is 4.82. The summed E-state index contributed by atoms with van der Waals surface area (Å²) in [6, 6.07) is 17.5. The molecule has 2 heterocycles. The number of nitrogens with zero attached hydrogens (tertiary/aromatic N) is 3. The molecule has 2 aromatic rings. The largest absolute Gasteiger partial charge is 0.415 e. The molecular formula is C21H25N3O4S. The van der Waals surface area contributed by atoms with Crippen molar-refractivity contribution in [3.8, 4) is 5.75 Å². The number of para-hydroxylation sites is 1. The van der Waals surface area contributed by atoms with Gasteiger partial charge in [-0.15, -0.1) is 0 Å². The number of hydrogen-bond acceptors (Lipinski definition) is 6. The van der Waals surface area contributed by atoms with Gasteiger partial charge in [0.1, 0.15) is 5.75 Å². The van der Waals surface area contributed by atoms with Crippen LogP contribution >= 0.6 is 0 Å². The van der Waals surface area contributed by atoms with Crippen molar-refractivity contribution < 1.29 is 17.9 Å². The summed E-state index contributed by atoms with van der Waals surface area (Å²) in [5, 5.41) is 0. The normalized spacial score (nSPS) is 19.1. The van der Waals surface area contributed by atoms with Crippen molar-refractivity contribution in [2.75, 3.05) is 60.6 Å². The van der Waals surface area contributed by atoms with Crippen molar-refractivity contribution in [2.45, 2.75) is 0 Å². The van der Waals surface area contributed by atoms with Crippen molar-refractivity contribution in [1.82, 2.24) is 4.90 Å². The van der Waals surface area contributed by atoms with Crippen LogP contribution in [-0.2, 0) is 9.84 Å². The molecule has 2 fully saturated rings. The Kier molecular flexibility index (Phi) is 5.62. The summed E-state index contributed by atoms with van der Waals surface area (Å²) in [5.74, 6) is 0.789. The lowest BCUT2D eigenvalue weighted by Gasteiger charge is -2.35. The Labute approximate surface area is 171 Å². The second kappa shape index (κ2) is 8.32. The lowest BCUT2D eigenvalue weighted by Crippen LogP contribution is -2.49. The number of benzene rings is 2. The van der Waals surface area contributed by atoms with Crippen LogP contribution in [0.4, 0.5) is 16.2 Å². The van der Waals surface area contributed by atoms with Gasteiger partial charge in [0, 0.05) is 56.7 Å². The highest BCUT2D eigenvalue weighted by molar-refractivity contribution is 7.91. The van der Waals surface area contributed by atoms with Gasteiger partial charge in [0.15, 0.2) is 9.84 Å².